The molecule has 4 atom stereocenters. The van der Waals surface area contributed by atoms with Gasteiger partial charge in [0.25, 0.3) is 7.82 Å². The fraction of sp³-hybridized carbons (Fsp3) is 0.804. The molecule has 10 nitrogen and oxygen atoms in total. The van der Waals surface area contributed by atoms with E-state index in [1.54, 1.807) is 6.26 Å². The van der Waals surface area contributed by atoms with Gasteiger partial charge < -0.3 is 38.1 Å². The molecule has 0 radical (unpaired) electrons. The first kappa shape index (κ1) is 55.2. The number of esters is 1. The highest BCUT2D eigenvalue weighted by molar-refractivity contribution is 7.45. The van der Waals surface area contributed by atoms with Crippen LogP contribution in [0.2, 0.25) is 0 Å². The number of phosphoric ester groups is 1. The molecule has 0 amide bonds. The highest BCUT2D eigenvalue weighted by Gasteiger charge is 2.21. The molecular weight excluding hydrogens is 741 g/mol. The van der Waals surface area contributed by atoms with Crippen LogP contribution in [-0.2, 0) is 27.9 Å². The Bertz CT molecular complexity index is 1090. The molecule has 0 heterocycles. The number of likely N-dealkylation sites (N-methyl/N-ethyl adjacent to an activating group) is 1. The maximum Gasteiger partial charge on any atom is 0.306 e. The molecule has 0 bridgehead atoms. The number of allylic oxidation sites excluding steroid dienone is 6. The molecule has 11 heteroatoms. The van der Waals surface area contributed by atoms with Gasteiger partial charge in [0, 0.05) is 6.42 Å². The van der Waals surface area contributed by atoms with Gasteiger partial charge in [-0.15, -0.1) is 0 Å². The zero-order chi connectivity index (χ0) is 42.3. The lowest BCUT2D eigenvalue weighted by molar-refractivity contribution is -0.870. The van der Waals surface area contributed by atoms with E-state index in [9.17, 15) is 24.5 Å². The fourth-order valence-corrected chi connectivity index (χ4v) is 6.70. The molecule has 0 saturated heterocycles. The first-order valence-corrected chi connectivity index (χ1v) is 24.0. The van der Waals surface area contributed by atoms with Gasteiger partial charge in [0.15, 0.2) is 6.10 Å². The van der Waals surface area contributed by atoms with Gasteiger partial charge in [-0.2, -0.15) is 0 Å². The van der Waals surface area contributed by atoms with Gasteiger partial charge in [0.1, 0.15) is 19.8 Å². The summed E-state index contributed by atoms with van der Waals surface area (Å²) < 4.78 is 34.1. The van der Waals surface area contributed by atoms with Crippen LogP contribution >= 0.6 is 7.82 Å². The smallest absolute Gasteiger partial charge is 0.306 e. The van der Waals surface area contributed by atoms with Crippen LogP contribution in [0.15, 0.2) is 48.8 Å². The number of phosphoric acid groups is 1. The lowest BCUT2D eigenvalue weighted by Gasteiger charge is -2.28. The summed E-state index contributed by atoms with van der Waals surface area (Å²) in [6.07, 6.45) is 39.6. The van der Waals surface area contributed by atoms with E-state index in [0.29, 0.717) is 17.4 Å². The number of aliphatic hydroxyl groups is 2. The predicted octanol–water partition coefficient (Wildman–Crippen LogP) is 10.8. The van der Waals surface area contributed by atoms with E-state index < -0.39 is 38.7 Å². The Hall–Kier alpha value is -1.78. The molecule has 0 aliphatic rings. The number of nitrogens with zero attached hydrogens (tertiary/aromatic N) is 1. The molecule has 3 unspecified atom stereocenters. The van der Waals surface area contributed by atoms with Crippen LogP contribution in [0.1, 0.15) is 174 Å². The van der Waals surface area contributed by atoms with E-state index >= 15 is 0 Å². The van der Waals surface area contributed by atoms with E-state index in [1.165, 1.54) is 103 Å². The average Bonchev–Trinajstić information content (AvgIpc) is 3.16. The van der Waals surface area contributed by atoms with Gasteiger partial charge >= 0.3 is 5.97 Å². The molecule has 334 valence electrons. The van der Waals surface area contributed by atoms with Gasteiger partial charge in [-0.3, -0.25) is 9.36 Å². The van der Waals surface area contributed by atoms with Gasteiger partial charge in [-0.25, -0.2) is 0 Å². The van der Waals surface area contributed by atoms with E-state index in [2.05, 4.69) is 38.2 Å². The van der Waals surface area contributed by atoms with Gasteiger partial charge in [-0.1, -0.05) is 147 Å². The second-order valence-corrected chi connectivity index (χ2v) is 17.8. The molecule has 0 spiro atoms. The van der Waals surface area contributed by atoms with Crippen molar-refractivity contribution in [3.63, 3.8) is 0 Å². The standard InChI is InChI=1S/C46H86NO9P/c1-6-8-10-12-14-16-18-20-21-22-23-25-27-29-31-33-39-53-41-43(42-55-57(51,52)54-40-38-47(3,4)5)56-46(50)37-34-36-45(49)44(48)35-32-30-28-26-24-19-17-15-13-11-9-7-2/h15,17,24,26,30,32-33,39,43-45,48-49H,6-14,16,18-23,25,27-29,31,34-38,40-42H2,1-5H3/b17-15-,26-24-,32-30-,39-33+/t43-,44?,45?/m1/s1. The highest BCUT2D eigenvalue weighted by atomic mass is 31.2. The van der Waals surface area contributed by atoms with Crippen LogP contribution in [0.3, 0.4) is 0 Å². The Balaban J connectivity index is 4.53. The first-order valence-electron chi connectivity index (χ1n) is 22.6. The van der Waals surface area contributed by atoms with E-state index in [4.69, 9.17) is 18.5 Å². The first-order chi connectivity index (χ1) is 27.4. The summed E-state index contributed by atoms with van der Waals surface area (Å²) in [5, 5.41) is 20.8. The summed E-state index contributed by atoms with van der Waals surface area (Å²) in [4.78, 5) is 25.1. The number of carbonyl (C=O) groups is 1. The van der Waals surface area contributed by atoms with Crippen LogP contribution in [0, 0.1) is 0 Å². The fourth-order valence-electron chi connectivity index (χ4n) is 5.97. The lowest BCUT2D eigenvalue weighted by atomic mass is 10.0. The summed E-state index contributed by atoms with van der Waals surface area (Å²) in [6.45, 7) is 4.37. The largest absolute Gasteiger partial charge is 0.756 e. The van der Waals surface area contributed by atoms with Crippen LogP contribution in [-0.4, -0.2) is 86.5 Å². The van der Waals surface area contributed by atoms with Gasteiger partial charge in [-0.05, 0) is 63.9 Å². The predicted molar refractivity (Wildman–Crippen MR) is 234 cm³/mol. The van der Waals surface area contributed by atoms with Gasteiger partial charge in [0.05, 0.1) is 46.2 Å². The monoisotopic (exact) mass is 828 g/mol. The molecule has 0 aromatic heterocycles. The molecule has 2 N–H and O–H groups in total. The number of ether oxygens (including phenoxy) is 2. The second-order valence-electron chi connectivity index (χ2n) is 16.4. The molecule has 0 fully saturated rings. The normalized spacial score (nSPS) is 15.2. The summed E-state index contributed by atoms with van der Waals surface area (Å²) in [5.41, 5.74) is 0. The number of hydrogen-bond acceptors (Lipinski definition) is 9. The molecular formula is C46H86NO9P. The molecule has 0 aromatic rings. The topological polar surface area (TPSA) is 135 Å². The summed E-state index contributed by atoms with van der Waals surface area (Å²) in [5.74, 6) is -0.575. The highest BCUT2D eigenvalue weighted by Crippen LogP contribution is 2.38. The minimum atomic E-state index is -4.62. The van der Waals surface area contributed by atoms with Crippen LogP contribution in [0.25, 0.3) is 0 Å². The van der Waals surface area contributed by atoms with E-state index in [-0.39, 0.29) is 32.5 Å². The minimum absolute atomic E-state index is 0.0159. The number of quaternary nitrogens is 1. The third-order valence-electron chi connectivity index (χ3n) is 9.65. The van der Waals surface area contributed by atoms with Crippen molar-refractivity contribution in [2.75, 3.05) is 47.5 Å². The summed E-state index contributed by atoms with van der Waals surface area (Å²) in [7, 11) is 1.15. The van der Waals surface area contributed by atoms with Crippen molar-refractivity contribution in [2.24, 2.45) is 0 Å². The van der Waals surface area contributed by atoms with E-state index in [0.717, 1.165) is 32.1 Å². The molecule has 0 aliphatic heterocycles. The Morgan fingerprint density at radius 3 is 1.75 bits per heavy atom. The van der Waals surface area contributed by atoms with Crippen LogP contribution < -0.4 is 4.89 Å². The molecule has 0 aliphatic carbocycles. The molecule has 0 rings (SSSR count). The second kappa shape index (κ2) is 38.4. The average molecular weight is 828 g/mol. The van der Waals surface area contributed by atoms with Crippen molar-refractivity contribution >= 4 is 13.8 Å². The van der Waals surface area contributed by atoms with E-state index in [1.807, 2.05) is 39.4 Å². The maximum atomic E-state index is 12.7. The zero-order valence-electron chi connectivity index (χ0n) is 37.0. The number of hydrogen-bond donors (Lipinski definition) is 2. The molecule has 0 aromatic carbocycles. The van der Waals surface area contributed by atoms with Crippen molar-refractivity contribution in [2.45, 2.75) is 193 Å². The molecule has 57 heavy (non-hydrogen) atoms. The Labute approximate surface area is 349 Å². The number of aliphatic hydroxyl groups excluding tert-OH is 2. The van der Waals surface area contributed by atoms with Crippen molar-refractivity contribution < 1.29 is 47.5 Å². The summed E-state index contributed by atoms with van der Waals surface area (Å²) in [6, 6.07) is 0. The lowest BCUT2D eigenvalue weighted by Crippen LogP contribution is -2.37. The maximum absolute atomic E-state index is 12.7. The summed E-state index contributed by atoms with van der Waals surface area (Å²) >= 11 is 0. The Morgan fingerprint density at radius 1 is 0.649 bits per heavy atom. The van der Waals surface area contributed by atoms with Crippen molar-refractivity contribution in [1.82, 2.24) is 0 Å². The third kappa shape index (κ3) is 40.8. The van der Waals surface area contributed by atoms with Gasteiger partial charge in [0.2, 0.25) is 0 Å². The number of unbranched alkanes of at least 4 members (excludes halogenated alkanes) is 17. The SMILES string of the molecule is CCCCC/C=C\C/C=C\C/C=C\CC(O)C(O)CCCC(=O)O[C@H](CO/C=C/CCCCCCCCCCCCCCCC)COP(=O)([O-])OCC[N+](C)(C)C. The van der Waals surface area contributed by atoms with Crippen molar-refractivity contribution in [3.8, 4) is 0 Å². The van der Waals surface area contributed by atoms with Crippen molar-refractivity contribution in [3.05, 3.63) is 48.8 Å². The number of rotatable bonds is 41. The quantitative estimate of drug-likeness (QED) is 0.0154. The van der Waals surface area contributed by atoms with Crippen molar-refractivity contribution in [1.29, 1.82) is 0 Å². The Morgan fingerprint density at radius 2 is 1.16 bits per heavy atom. The van der Waals surface area contributed by atoms with Crippen LogP contribution in [0.4, 0.5) is 0 Å². The number of carbonyl (C=O) groups excluding carboxylic acids is 1. The third-order valence-corrected chi connectivity index (χ3v) is 10.6. The minimum Gasteiger partial charge on any atom is -0.756 e. The molecule has 0 saturated carbocycles. The van der Waals surface area contributed by atoms with Crippen LogP contribution in [0.5, 0.6) is 0 Å². The Kier molecular flexibility index (Phi) is 37.2. The zero-order valence-corrected chi connectivity index (χ0v) is 37.9.